The topological polar surface area (TPSA) is 95.0 Å². The van der Waals surface area contributed by atoms with Crippen molar-refractivity contribution in [3.05, 3.63) is 82.1 Å². The van der Waals surface area contributed by atoms with Crippen LogP contribution in [0.4, 0.5) is 0 Å². The molecular weight excluding hydrogens is 460 g/mol. The van der Waals surface area contributed by atoms with Gasteiger partial charge < -0.3 is 19.1 Å². The fourth-order valence-electron chi connectivity index (χ4n) is 4.50. The van der Waals surface area contributed by atoms with E-state index in [2.05, 4.69) is 4.98 Å². The summed E-state index contributed by atoms with van der Waals surface area (Å²) >= 11 is 0. The van der Waals surface area contributed by atoms with Crippen LogP contribution in [0.25, 0.3) is 0 Å². The fraction of sp³-hybridized carbons (Fsp3) is 0.357. The average Bonchev–Trinajstić information content (AvgIpc) is 2.92. The highest BCUT2D eigenvalue weighted by Crippen LogP contribution is 2.30. The van der Waals surface area contributed by atoms with E-state index in [0.29, 0.717) is 35.5 Å². The maximum atomic E-state index is 13.5. The number of rotatable bonds is 8. The molecule has 2 aromatic rings. The van der Waals surface area contributed by atoms with Gasteiger partial charge in [-0.05, 0) is 49.9 Å². The lowest BCUT2D eigenvalue weighted by atomic mass is 9.88. The van der Waals surface area contributed by atoms with Gasteiger partial charge in [-0.3, -0.25) is 19.4 Å². The number of hydrogen-bond acceptors (Lipinski definition) is 7. The van der Waals surface area contributed by atoms with Crippen LogP contribution in [0.1, 0.15) is 47.7 Å². The number of amides is 1. The lowest BCUT2D eigenvalue weighted by molar-refractivity contribution is -0.121. The fourth-order valence-corrected chi connectivity index (χ4v) is 4.50. The number of pyridine rings is 1. The molecule has 1 aliphatic carbocycles. The Morgan fingerprint density at radius 1 is 0.972 bits per heavy atom. The van der Waals surface area contributed by atoms with Gasteiger partial charge >= 0.3 is 0 Å². The number of Topliss-reactive ketones (excluding diaryl/α,β-unsaturated/α-hetero) is 2. The highest BCUT2D eigenvalue weighted by molar-refractivity contribution is 6.23. The van der Waals surface area contributed by atoms with Gasteiger partial charge in [0.05, 0.1) is 19.8 Å². The summed E-state index contributed by atoms with van der Waals surface area (Å²) < 4.78 is 16.4. The van der Waals surface area contributed by atoms with Gasteiger partial charge in [-0.25, -0.2) is 0 Å². The van der Waals surface area contributed by atoms with E-state index in [1.54, 1.807) is 31.5 Å². The molecule has 36 heavy (non-hydrogen) atoms. The molecule has 2 aliphatic rings. The van der Waals surface area contributed by atoms with Crippen molar-refractivity contribution < 1.29 is 28.6 Å². The van der Waals surface area contributed by atoms with E-state index < -0.39 is 5.78 Å². The second kappa shape index (κ2) is 11.2. The Hall–Kier alpha value is -3.94. The summed E-state index contributed by atoms with van der Waals surface area (Å²) in [5.41, 5.74) is 2.66. The molecule has 2 heterocycles. The average molecular weight is 491 g/mol. The number of likely N-dealkylation sites (tertiary alicyclic amines) is 1. The molecule has 0 radical (unpaired) electrons. The molecule has 1 aromatic heterocycles. The number of nitrogens with zero attached hydrogens (tertiary/aromatic N) is 2. The number of benzene rings is 1. The number of piperidine rings is 1. The van der Waals surface area contributed by atoms with E-state index >= 15 is 0 Å². The molecule has 0 spiro atoms. The molecule has 0 atom stereocenters. The lowest BCUT2D eigenvalue weighted by Gasteiger charge is -2.27. The van der Waals surface area contributed by atoms with Gasteiger partial charge in [-0.15, -0.1) is 0 Å². The van der Waals surface area contributed by atoms with Gasteiger partial charge in [0.2, 0.25) is 23.1 Å². The first-order chi connectivity index (χ1) is 17.4. The number of ether oxygens (including phenoxy) is 3. The zero-order chi connectivity index (χ0) is 25.7. The van der Waals surface area contributed by atoms with Crippen molar-refractivity contribution in [2.45, 2.75) is 39.2 Å². The summed E-state index contributed by atoms with van der Waals surface area (Å²) in [6.07, 6.45) is 6.62. The molecule has 0 N–H and O–H groups in total. The van der Waals surface area contributed by atoms with Crippen molar-refractivity contribution in [2.75, 3.05) is 27.3 Å². The first-order valence-corrected chi connectivity index (χ1v) is 12.0. The molecule has 188 valence electrons. The highest BCUT2D eigenvalue weighted by atomic mass is 16.5. The van der Waals surface area contributed by atoms with Crippen molar-refractivity contribution >= 4 is 17.5 Å². The molecule has 1 aliphatic heterocycles. The summed E-state index contributed by atoms with van der Waals surface area (Å²) in [6, 6.07) is 9.06. The van der Waals surface area contributed by atoms with E-state index in [1.165, 1.54) is 14.2 Å². The minimum atomic E-state index is -0.396. The third kappa shape index (κ3) is 5.17. The number of carbonyl (C=O) groups is 3. The second-order valence-electron chi connectivity index (χ2n) is 8.84. The Bertz CT molecular complexity index is 1230. The number of carbonyl (C=O) groups excluding carboxylic acids is 3. The van der Waals surface area contributed by atoms with E-state index in [-0.39, 0.29) is 36.2 Å². The number of hydrogen-bond donors (Lipinski definition) is 0. The zero-order valence-electron chi connectivity index (χ0n) is 20.8. The third-order valence-electron chi connectivity index (χ3n) is 6.51. The molecule has 8 heteroatoms. The van der Waals surface area contributed by atoms with Crippen LogP contribution in [0.2, 0.25) is 0 Å². The van der Waals surface area contributed by atoms with Crippen LogP contribution >= 0.6 is 0 Å². The Morgan fingerprint density at radius 2 is 1.69 bits per heavy atom. The molecular formula is C28H30N2O6. The SMILES string of the molecule is COC1=C(OC)C(=O)C(Cc2ccc(OCc3cccnc3)c(C(=O)N3CCCCC3)c2)=C(C)C1=O. The number of allylic oxidation sites excluding steroid dienone is 2. The Kier molecular flexibility index (Phi) is 7.83. The molecule has 0 saturated carbocycles. The van der Waals surface area contributed by atoms with Gasteiger partial charge in [-0.2, -0.15) is 0 Å². The van der Waals surface area contributed by atoms with Crippen molar-refractivity contribution in [1.29, 1.82) is 0 Å². The van der Waals surface area contributed by atoms with E-state index in [4.69, 9.17) is 14.2 Å². The Morgan fingerprint density at radius 3 is 2.36 bits per heavy atom. The number of aromatic nitrogens is 1. The summed E-state index contributed by atoms with van der Waals surface area (Å²) in [5, 5.41) is 0. The molecule has 0 unspecified atom stereocenters. The van der Waals surface area contributed by atoms with Gasteiger partial charge in [0.15, 0.2) is 0 Å². The van der Waals surface area contributed by atoms with Crippen molar-refractivity contribution in [2.24, 2.45) is 0 Å². The minimum absolute atomic E-state index is 0.0936. The first-order valence-electron chi connectivity index (χ1n) is 12.0. The molecule has 8 nitrogen and oxygen atoms in total. The summed E-state index contributed by atoms with van der Waals surface area (Å²) in [4.78, 5) is 45.3. The van der Waals surface area contributed by atoms with Crippen molar-refractivity contribution in [1.82, 2.24) is 9.88 Å². The van der Waals surface area contributed by atoms with Gasteiger partial charge in [0, 0.05) is 48.6 Å². The monoisotopic (exact) mass is 490 g/mol. The summed E-state index contributed by atoms with van der Waals surface area (Å²) in [7, 11) is 2.67. The maximum Gasteiger partial charge on any atom is 0.257 e. The normalized spacial score (nSPS) is 16.4. The van der Waals surface area contributed by atoms with Crippen LogP contribution in [-0.4, -0.2) is 54.7 Å². The van der Waals surface area contributed by atoms with Crippen molar-refractivity contribution in [3.63, 3.8) is 0 Å². The molecule has 1 saturated heterocycles. The predicted octanol–water partition coefficient (Wildman–Crippen LogP) is 3.80. The smallest absolute Gasteiger partial charge is 0.257 e. The third-order valence-corrected chi connectivity index (χ3v) is 6.51. The Balaban J connectivity index is 1.65. The largest absolute Gasteiger partial charge is 0.489 e. The van der Waals surface area contributed by atoms with E-state index in [9.17, 15) is 14.4 Å². The minimum Gasteiger partial charge on any atom is -0.489 e. The second-order valence-corrected chi connectivity index (χ2v) is 8.84. The summed E-state index contributed by atoms with van der Waals surface area (Å²) in [5.74, 6) is -0.618. The van der Waals surface area contributed by atoms with Crippen LogP contribution in [0.3, 0.4) is 0 Å². The quantitative estimate of drug-likeness (QED) is 0.520. The van der Waals surface area contributed by atoms with Gasteiger partial charge in [0.25, 0.3) is 5.91 Å². The van der Waals surface area contributed by atoms with E-state index in [0.717, 1.165) is 30.4 Å². The van der Waals surface area contributed by atoms with Crippen LogP contribution in [-0.2, 0) is 32.1 Å². The van der Waals surface area contributed by atoms with Crippen LogP contribution in [0, 0.1) is 0 Å². The summed E-state index contributed by atoms with van der Waals surface area (Å²) in [6.45, 7) is 3.27. The first kappa shape index (κ1) is 25.2. The number of methoxy groups -OCH3 is 2. The number of ketones is 2. The zero-order valence-corrected chi connectivity index (χ0v) is 20.8. The van der Waals surface area contributed by atoms with Gasteiger partial charge in [-0.1, -0.05) is 12.1 Å². The lowest BCUT2D eigenvalue weighted by Crippen LogP contribution is -2.35. The van der Waals surface area contributed by atoms with E-state index in [1.807, 2.05) is 23.1 Å². The predicted molar refractivity (Wildman–Crippen MR) is 132 cm³/mol. The van der Waals surface area contributed by atoms with Crippen LogP contribution in [0.5, 0.6) is 5.75 Å². The van der Waals surface area contributed by atoms with Crippen molar-refractivity contribution in [3.8, 4) is 5.75 Å². The van der Waals surface area contributed by atoms with Crippen LogP contribution in [0.15, 0.2) is 65.4 Å². The Labute approximate surface area is 210 Å². The van der Waals surface area contributed by atoms with Gasteiger partial charge in [0.1, 0.15) is 12.4 Å². The molecule has 1 aromatic carbocycles. The van der Waals surface area contributed by atoms with Crippen LogP contribution < -0.4 is 4.74 Å². The molecule has 1 fully saturated rings. The highest BCUT2D eigenvalue weighted by Gasteiger charge is 2.35. The molecule has 0 bridgehead atoms. The maximum absolute atomic E-state index is 13.5. The molecule has 1 amide bonds. The molecule has 4 rings (SSSR count). The standard InChI is InChI=1S/C28H30N2O6/c1-18-21(25(32)27(35-3)26(34-2)24(18)31)14-19-9-10-23(36-17-20-8-7-11-29-16-20)22(15-19)28(33)30-12-5-4-6-13-30/h7-11,15-16H,4-6,12-14,17H2,1-3H3.